The molecular formula is C15H22N2O3. The molecule has 1 N–H and O–H groups in total. The smallest absolute Gasteiger partial charge is 0.320 e. The highest BCUT2D eigenvalue weighted by Crippen LogP contribution is 2.40. The van der Waals surface area contributed by atoms with Crippen molar-refractivity contribution in [2.75, 3.05) is 0 Å². The molecule has 1 saturated heterocycles. The number of oxazole rings is 1. The maximum atomic E-state index is 11.5. The molecule has 5 heteroatoms. The van der Waals surface area contributed by atoms with E-state index in [0.717, 1.165) is 30.7 Å². The van der Waals surface area contributed by atoms with Gasteiger partial charge in [-0.1, -0.05) is 12.8 Å². The van der Waals surface area contributed by atoms with Crippen LogP contribution in [-0.4, -0.2) is 33.0 Å². The van der Waals surface area contributed by atoms with Crippen LogP contribution in [0.4, 0.5) is 0 Å². The monoisotopic (exact) mass is 278 g/mol. The number of carboxylic acids is 1. The van der Waals surface area contributed by atoms with Crippen LogP contribution in [0.25, 0.3) is 0 Å². The molecule has 0 bridgehead atoms. The standard InChI is InChI=1S/C15H22N2O3/c1-9-10(2)20-14(16-9)8-17-12-6-4-3-5-11(12)7-13(17)15(18)19/h11-13H,3-8H2,1-2H3,(H,18,19)/t11-,12+,13+/m1/s1. The van der Waals surface area contributed by atoms with Gasteiger partial charge in [0.05, 0.1) is 12.2 Å². The van der Waals surface area contributed by atoms with Gasteiger partial charge in [0.15, 0.2) is 0 Å². The van der Waals surface area contributed by atoms with Gasteiger partial charge in [-0.2, -0.15) is 0 Å². The molecular weight excluding hydrogens is 256 g/mol. The SMILES string of the molecule is Cc1nc(CN2[C@H](C(=O)O)C[C@H]3CCCC[C@@H]32)oc1C. The third kappa shape index (κ3) is 2.35. The molecule has 0 radical (unpaired) electrons. The zero-order valence-electron chi connectivity index (χ0n) is 12.1. The summed E-state index contributed by atoms with van der Waals surface area (Å²) in [4.78, 5) is 18.0. The summed E-state index contributed by atoms with van der Waals surface area (Å²) >= 11 is 0. The largest absolute Gasteiger partial charge is 0.480 e. The number of nitrogens with zero attached hydrogens (tertiary/aromatic N) is 2. The minimum atomic E-state index is -0.709. The minimum Gasteiger partial charge on any atom is -0.480 e. The highest BCUT2D eigenvalue weighted by Gasteiger charge is 2.45. The second kappa shape index (κ2) is 5.20. The number of aromatic nitrogens is 1. The third-order valence-corrected chi connectivity index (χ3v) is 4.90. The second-order valence-corrected chi connectivity index (χ2v) is 6.12. The molecule has 3 atom stereocenters. The van der Waals surface area contributed by atoms with Gasteiger partial charge in [0.25, 0.3) is 0 Å². The molecule has 1 aromatic rings. The van der Waals surface area contributed by atoms with Crippen molar-refractivity contribution in [3.05, 3.63) is 17.3 Å². The van der Waals surface area contributed by atoms with E-state index in [1.165, 1.54) is 12.8 Å². The lowest BCUT2D eigenvalue weighted by molar-refractivity contribution is -0.143. The third-order valence-electron chi connectivity index (χ3n) is 4.90. The molecule has 1 aromatic heterocycles. The maximum Gasteiger partial charge on any atom is 0.320 e. The van der Waals surface area contributed by atoms with Crippen LogP contribution in [0.1, 0.15) is 49.4 Å². The Labute approximate surface area is 119 Å². The Kier molecular flexibility index (Phi) is 3.54. The zero-order chi connectivity index (χ0) is 14.3. The van der Waals surface area contributed by atoms with E-state index in [1.807, 2.05) is 13.8 Å². The van der Waals surface area contributed by atoms with Crippen molar-refractivity contribution in [3.63, 3.8) is 0 Å². The van der Waals surface area contributed by atoms with Crippen molar-refractivity contribution < 1.29 is 14.3 Å². The molecule has 110 valence electrons. The molecule has 2 fully saturated rings. The Hall–Kier alpha value is -1.36. The summed E-state index contributed by atoms with van der Waals surface area (Å²) in [6, 6.07) is 0.00738. The molecule has 20 heavy (non-hydrogen) atoms. The number of likely N-dealkylation sites (tertiary alicyclic amines) is 1. The van der Waals surface area contributed by atoms with Crippen LogP contribution in [0.5, 0.6) is 0 Å². The van der Waals surface area contributed by atoms with Crippen LogP contribution in [0.15, 0.2) is 4.42 Å². The van der Waals surface area contributed by atoms with Gasteiger partial charge in [-0.25, -0.2) is 4.98 Å². The molecule has 0 spiro atoms. The van der Waals surface area contributed by atoms with Crippen LogP contribution in [0.2, 0.25) is 0 Å². The predicted octanol–water partition coefficient (Wildman–Crippen LogP) is 2.51. The van der Waals surface area contributed by atoms with E-state index in [0.29, 0.717) is 24.4 Å². The lowest BCUT2D eigenvalue weighted by Gasteiger charge is -2.32. The molecule has 0 aromatic carbocycles. The first kappa shape index (κ1) is 13.6. The molecule has 2 aliphatic rings. The molecule has 1 saturated carbocycles. The lowest BCUT2D eigenvalue weighted by atomic mass is 9.85. The predicted molar refractivity (Wildman–Crippen MR) is 73.3 cm³/mol. The van der Waals surface area contributed by atoms with Crippen LogP contribution in [0.3, 0.4) is 0 Å². The number of rotatable bonds is 3. The summed E-state index contributed by atoms with van der Waals surface area (Å²) in [5.41, 5.74) is 0.895. The van der Waals surface area contributed by atoms with Gasteiger partial charge in [-0.05, 0) is 39.0 Å². The van der Waals surface area contributed by atoms with Crippen LogP contribution < -0.4 is 0 Å². The number of fused-ring (bicyclic) bond motifs is 1. The fourth-order valence-corrected chi connectivity index (χ4v) is 3.79. The van der Waals surface area contributed by atoms with Crippen LogP contribution >= 0.6 is 0 Å². The van der Waals surface area contributed by atoms with E-state index in [1.54, 1.807) is 0 Å². The zero-order valence-corrected chi connectivity index (χ0v) is 12.1. The van der Waals surface area contributed by atoms with E-state index in [9.17, 15) is 9.90 Å². The number of hydrogen-bond acceptors (Lipinski definition) is 4. The van der Waals surface area contributed by atoms with Crippen molar-refractivity contribution in [3.8, 4) is 0 Å². The quantitative estimate of drug-likeness (QED) is 0.920. The van der Waals surface area contributed by atoms with E-state index in [-0.39, 0.29) is 6.04 Å². The summed E-state index contributed by atoms with van der Waals surface area (Å²) < 4.78 is 5.64. The Bertz CT molecular complexity index is 492. The van der Waals surface area contributed by atoms with Crippen molar-refractivity contribution in [2.45, 2.75) is 64.6 Å². The Morgan fingerprint density at radius 3 is 2.80 bits per heavy atom. The first-order valence-electron chi connectivity index (χ1n) is 7.47. The van der Waals surface area contributed by atoms with Gasteiger partial charge >= 0.3 is 5.97 Å². The van der Waals surface area contributed by atoms with Crippen LogP contribution in [-0.2, 0) is 11.3 Å². The molecule has 0 unspecified atom stereocenters. The van der Waals surface area contributed by atoms with Gasteiger partial charge < -0.3 is 9.52 Å². The summed E-state index contributed by atoms with van der Waals surface area (Å²) in [6.45, 7) is 4.34. The fourth-order valence-electron chi connectivity index (χ4n) is 3.79. The average Bonchev–Trinajstić information content (AvgIpc) is 2.92. The topological polar surface area (TPSA) is 66.6 Å². The normalized spacial score (nSPS) is 30.4. The Morgan fingerprint density at radius 1 is 1.40 bits per heavy atom. The molecule has 2 heterocycles. The number of carboxylic acid groups (broad SMARTS) is 1. The molecule has 3 rings (SSSR count). The van der Waals surface area contributed by atoms with E-state index in [2.05, 4.69) is 9.88 Å². The molecule has 1 aliphatic carbocycles. The molecule has 5 nitrogen and oxygen atoms in total. The van der Waals surface area contributed by atoms with Crippen molar-refractivity contribution >= 4 is 5.97 Å². The summed E-state index contributed by atoms with van der Waals surface area (Å²) in [5, 5.41) is 9.48. The van der Waals surface area contributed by atoms with Crippen molar-refractivity contribution in [1.82, 2.24) is 9.88 Å². The van der Waals surface area contributed by atoms with E-state index >= 15 is 0 Å². The Morgan fingerprint density at radius 2 is 2.15 bits per heavy atom. The van der Waals surface area contributed by atoms with Gasteiger partial charge in [0, 0.05) is 6.04 Å². The molecule has 0 amide bonds. The molecule has 1 aliphatic heterocycles. The number of aliphatic carboxylic acids is 1. The Balaban J connectivity index is 1.81. The lowest BCUT2D eigenvalue weighted by Crippen LogP contribution is -2.41. The van der Waals surface area contributed by atoms with Gasteiger partial charge in [-0.15, -0.1) is 0 Å². The van der Waals surface area contributed by atoms with E-state index < -0.39 is 5.97 Å². The highest BCUT2D eigenvalue weighted by atomic mass is 16.4. The number of hydrogen-bond donors (Lipinski definition) is 1. The first-order valence-corrected chi connectivity index (χ1v) is 7.47. The van der Waals surface area contributed by atoms with Gasteiger partial charge in [0.1, 0.15) is 11.8 Å². The highest BCUT2D eigenvalue weighted by molar-refractivity contribution is 5.74. The minimum absolute atomic E-state index is 0.379. The first-order chi connectivity index (χ1) is 9.56. The number of aryl methyl sites for hydroxylation is 2. The van der Waals surface area contributed by atoms with Crippen LogP contribution in [0, 0.1) is 19.8 Å². The summed E-state index contributed by atoms with van der Waals surface area (Å²) in [6.07, 6.45) is 5.48. The van der Waals surface area contributed by atoms with Gasteiger partial charge in [-0.3, -0.25) is 9.69 Å². The summed E-state index contributed by atoms with van der Waals surface area (Å²) in [7, 11) is 0. The number of carbonyl (C=O) groups is 1. The van der Waals surface area contributed by atoms with E-state index in [4.69, 9.17) is 4.42 Å². The second-order valence-electron chi connectivity index (χ2n) is 6.12. The maximum absolute atomic E-state index is 11.5. The fraction of sp³-hybridized carbons (Fsp3) is 0.733. The van der Waals surface area contributed by atoms with Crippen molar-refractivity contribution in [2.24, 2.45) is 5.92 Å². The summed E-state index contributed by atoms with van der Waals surface area (Å²) in [5.74, 6) is 1.30. The van der Waals surface area contributed by atoms with Gasteiger partial charge in [0.2, 0.25) is 5.89 Å². The average molecular weight is 278 g/mol. The van der Waals surface area contributed by atoms with Crippen molar-refractivity contribution in [1.29, 1.82) is 0 Å².